The van der Waals surface area contributed by atoms with Gasteiger partial charge in [0.1, 0.15) is 6.04 Å². The maximum absolute atomic E-state index is 10.5. The Balaban J connectivity index is 2.35. The molecule has 0 amide bonds. The summed E-state index contributed by atoms with van der Waals surface area (Å²) < 4.78 is 0. The fraction of sp³-hybridized carbons (Fsp3) is 0.667. The van der Waals surface area contributed by atoms with Crippen LogP contribution in [0.2, 0.25) is 0 Å². The molecule has 1 rings (SSSR count). The molecule has 9 heavy (non-hydrogen) atoms. The molecule has 0 saturated heterocycles. The number of hydrogen-bond acceptors (Lipinski definition) is 2. The summed E-state index contributed by atoms with van der Waals surface area (Å²) in [5.41, 5.74) is 0. The molecule has 3 N–H and O–H groups in total. The van der Waals surface area contributed by atoms with E-state index in [0.717, 1.165) is 19.3 Å². The molecule has 3 heteroatoms. The van der Waals surface area contributed by atoms with Crippen molar-refractivity contribution >= 4 is 0 Å². The molecule has 1 aliphatic carbocycles. The molecule has 0 aromatic rings. The van der Waals surface area contributed by atoms with Crippen LogP contribution in [0.15, 0.2) is 12.2 Å². The summed E-state index contributed by atoms with van der Waals surface area (Å²) in [5.74, 6) is 5.09. The van der Waals surface area contributed by atoms with Crippen molar-refractivity contribution < 1.29 is 5.17 Å². The zero-order valence-corrected chi connectivity index (χ0v) is 5.34. The zero-order valence-electron chi connectivity index (χ0n) is 5.34. The molecule has 2 unspecified atom stereocenters. The average Bonchev–Trinajstić information content (AvgIpc) is 1.90. The first kappa shape index (κ1) is 6.74. The van der Waals surface area contributed by atoms with Gasteiger partial charge in [-0.25, -0.2) is 0 Å². The smallest absolute Gasteiger partial charge is 0.108 e. The second kappa shape index (κ2) is 2.96. The lowest BCUT2D eigenvalue weighted by Gasteiger charge is -2.26. The Morgan fingerprint density at radius 2 is 2.33 bits per heavy atom. The van der Waals surface area contributed by atoms with Crippen molar-refractivity contribution in [2.24, 2.45) is 5.84 Å². The standard InChI is InChI=1S/C6H12N2O/c7-8(9)6-4-2-1-3-5-6/h1-2,6,8H,3-5,7H2. The van der Waals surface area contributed by atoms with Gasteiger partial charge in [0.2, 0.25) is 0 Å². The Bertz CT molecular complexity index is 112. The van der Waals surface area contributed by atoms with E-state index in [2.05, 4.69) is 6.08 Å². The maximum Gasteiger partial charge on any atom is 0.108 e. The summed E-state index contributed by atoms with van der Waals surface area (Å²) in [6.07, 6.45) is 6.91. The first-order chi connectivity index (χ1) is 4.30. The molecule has 0 bridgehead atoms. The van der Waals surface area contributed by atoms with Gasteiger partial charge in [-0.3, -0.25) is 5.17 Å². The highest BCUT2D eigenvalue weighted by Crippen LogP contribution is 2.06. The predicted octanol–water partition coefficient (Wildman–Crippen LogP) is -0.649. The Kier molecular flexibility index (Phi) is 2.22. The quantitative estimate of drug-likeness (QED) is 0.280. The van der Waals surface area contributed by atoms with Gasteiger partial charge in [0.15, 0.2) is 0 Å². The number of hydrogen-bond donors (Lipinski definition) is 2. The van der Waals surface area contributed by atoms with Gasteiger partial charge in [0, 0.05) is 12.8 Å². The molecule has 0 fully saturated rings. The Morgan fingerprint density at radius 3 is 2.67 bits per heavy atom. The number of quaternary nitrogens is 1. The van der Waals surface area contributed by atoms with Crippen LogP contribution in [0.3, 0.4) is 0 Å². The minimum Gasteiger partial charge on any atom is -0.613 e. The van der Waals surface area contributed by atoms with E-state index in [9.17, 15) is 5.21 Å². The van der Waals surface area contributed by atoms with E-state index in [4.69, 9.17) is 5.84 Å². The summed E-state index contributed by atoms with van der Waals surface area (Å²) in [6, 6.07) is 0.106. The van der Waals surface area contributed by atoms with Crippen LogP contribution < -0.4 is 11.0 Å². The van der Waals surface area contributed by atoms with E-state index < -0.39 is 0 Å². The van der Waals surface area contributed by atoms with Crippen LogP contribution in [0, 0.1) is 5.21 Å². The van der Waals surface area contributed by atoms with E-state index in [1.165, 1.54) is 0 Å². The second-order valence-corrected chi connectivity index (χ2v) is 2.38. The topological polar surface area (TPSA) is 53.5 Å². The van der Waals surface area contributed by atoms with Crippen molar-refractivity contribution in [1.82, 2.24) is 0 Å². The molecule has 0 spiro atoms. The normalized spacial score (nSPS) is 30.2. The Hall–Kier alpha value is -0.380. The van der Waals surface area contributed by atoms with Crippen LogP contribution in [-0.4, -0.2) is 6.04 Å². The average molecular weight is 128 g/mol. The zero-order chi connectivity index (χ0) is 6.69. The van der Waals surface area contributed by atoms with Gasteiger partial charge in [-0.05, 0) is 6.42 Å². The lowest BCUT2D eigenvalue weighted by atomic mass is 10.0. The molecule has 1 aliphatic rings. The molecular formula is C6H12N2O. The number of nitrogens with one attached hydrogen (secondary N) is 1. The lowest BCUT2D eigenvalue weighted by molar-refractivity contribution is -0.888. The van der Waals surface area contributed by atoms with E-state index >= 15 is 0 Å². The molecule has 0 saturated carbocycles. The van der Waals surface area contributed by atoms with Crippen LogP contribution in [0.4, 0.5) is 0 Å². The molecule has 0 aromatic heterocycles. The van der Waals surface area contributed by atoms with Crippen LogP contribution >= 0.6 is 0 Å². The molecule has 0 heterocycles. The molecule has 3 nitrogen and oxygen atoms in total. The number of allylic oxidation sites excluding steroid dienone is 1. The second-order valence-electron chi connectivity index (χ2n) is 2.38. The van der Waals surface area contributed by atoms with Gasteiger partial charge in [0.05, 0.1) is 0 Å². The minimum absolute atomic E-state index is 0.106. The first-order valence-corrected chi connectivity index (χ1v) is 3.25. The van der Waals surface area contributed by atoms with Crippen molar-refractivity contribution in [3.05, 3.63) is 17.4 Å². The van der Waals surface area contributed by atoms with Gasteiger partial charge < -0.3 is 5.21 Å². The van der Waals surface area contributed by atoms with Crippen molar-refractivity contribution in [3.8, 4) is 0 Å². The molecule has 0 aromatic carbocycles. The third-order valence-electron chi connectivity index (χ3n) is 1.67. The third kappa shape index (κ3) is 1.78. The van der Waals surface area contributed by atoms with E-state index in [0.29, 0.717) is 0 Å². The molecule has 2 atom stereocenters. The van der Waals surface area contributed by atoms with E-state index in [1.54, 1.807) is 0 Å². The largest absolute Gasteiger partial charge is 0.613 e. The summed E-state index contributed by atoms with van der Waals surface area (Å²) >= 11 is 0. The van der Waals surface area contributed by atoms with Gasteiger partial charge in [-0.1, -0.05) is 12.2 Å². The number of hydroxylamine groups is 1. The van der Waals surface area contributed by atoms with Crippen molar-refractivity contribution in [2.45, 2.75) is 25.3 Å². The highest BCUT2D eigenvalue weighted by molar-refractivity contribution is 4.89. The van der Waals surface area contributed by atoms with Gasteiger partial charge in [-0.2, -0.15) is 5.84 Å². The summed E-state index contributed by atoms with van der Waals surface area (Å²) in [6.45, 7) is 0. The molecule has 0 aliphatic heterocycles. The number of rotatable bonds is 1. The highest BCUT2D eigenvalue weighted by atomic mass is 16.5. The van der Waals surface area contributed by atoms with Gasteiger partial charge in [-0.15, -0.1) is 0 Å². The van der Waals surface area contributed by atoms with E-state index in [1.807, 2.05) is 6.08 Å². The van der Waals surface area contributed by atoms with Gasteiger partial charge in [0.25, 0.3) is 0 Å². The van der Waals surface area contributed by atoms with Crippen LogP contribution in [0.1, 0.15) is 19.3 Å². The molecule has 0 radical (unpaired) electrons. The Morgan fingerprint density at radius 1 is 1.56 bits per heavy atom. The molecule has 52 valence electrons. The minimum atomic E-state index is -0.153. The lowest BCUT2D eigenvalue weighted by Crippen LogP contribution is -3.17. The highest BCUT2D eigenvalue weighted by Gasteiger charge is 2.12. The maximum atomic E-state index is 10.5. The first-order valence-electron chi connectivity index (χ1n) is 3.25. The van der Waals surface area contributed by atoms with Crippen molar-refractivity contribution in [2.75, 3.05) is 0 Å². The van der Waals surface area contributed by atoms with Crippen LogP contribution in [-0.2, 0) is 0 Å². The molecular weight excluding hydrogens is 116 g/mol. The Labute approximate surface area is 54.7 Å². The van der Waals surface area contributed by atoms with E-state index in [-0.39, 0.29) is 11.2 Å². The van der Waals surface area contributed by atoms with Crippen molar-refractivity contribution in [3.63, 3.8) is 0 Å². The SMILES string of the molecule is N[NH+]([O-])C1CC=CCC1. The summed E-state index contributed by atoms with van der Waals surface area (Å²) in [5, 5.41) is 10.4. The number of nitrogens with two attached hydrogens (primary N) is 1. The third-order valence-corrected chi connectivity index (χ3v) is 1.67. The monoisotopic (exact) mass is 128 g/mol. The fourth-order valence-corrected chi connectivity index (χ4v) is 1.05. The predicted molar refractivity (Wildman–Crippen MR) is 35.3 cm³/mol. The summed E-state index contributed by atoms with van der Waals surface area (Å²) in [4.78, 5) is 0. The summed E-state index contributed by atoms with van der Waals surface area (Å²) in [7, 11) is 0. The van der Waals surface area contributed by atoms with Gasteiger partial charge >= 0.3 is 0 Å². The van der Waals surface area contributed by atoms with Crippen molar-refractivity contribution in [1.29, 1.82) is 0 Å². The fourth-order valence-electron chi connectivity index (χ4n) is 1.05. The van der Waals surface area contributed by atoms with Crippen LogP contribution in [0.5, 0.6) is 0 Å². The van der Waals surface area contributed by atoms with Crippen LogP contribution in [0.25, 0.3) is 0 Å².